The Morgan fingerprint density at radius 2 is 1.96 bits per heavy atom. The summed E-state index contributed by atoms with van der Waals surface area (Å²) in [6, 6.07) is 12.6. The zero-order chi connectivity index (χ0) is 18.7. The number of halogens is 2. The maximum absolute atomic E-state index is 13.8. The Labute approximate surface area is 152 Å². The van der Waals surface area contributed by atoms with Crippen LogP contribution in [0.15, 0.2) is 48.5 Å². The third kappa shape index (κ3) is 3.92. The molecule has 0 aliphatic carbocycles. The van der Waals surface area contributed by atoms with E-state index in [2.05, 4.69) is 17.4 Å². The van der Waals surface area contributed by atoms with Gasteiger partial charge in [0.1, 0.15) is 11.6 Å². The van der Waals surface area contributed by atoms with Gasteiger partial charge in [0.15, 0.2) is 0 Å². The van der Waals surface area contributed by atoms with E-state index in [1.165, 1.54) is 5.56 Å². The van der Waals surface area contributed by atoms with Crippen molar-refractivity contribution in [1.82, 2.24) is 4.90 Å². The van der Waals surface area contributed by atoms with Gasteiger partial charge in [-0.1, -0.05) is 30.3 Å². The fraction of sp³-hybridized carbons (Fsp3) is 0.350. The minimum absolute atomic E-state index is 0.143. The molecule has 3 atom stereocenters. The van der Waals surface area contributed by atoms with Crippen LogP contribution in [0.2, 0.25) is 0 Å². The molecular weight excluding hydrogens is 336 g/mol. The molecule has 2 aromatic rings. The molecule has 1 amide bonds. The van der Waals surface area contributed by atoms with Gasteiger partial charge in [-0.2, -0.15) is 0 Å². The predicted octanol–water partition coefficient (Wildman–Crippen LogP) is 2.97. The quantitative estimate of drug-likeness (QED) is 0.863. The molecule has 138 valence electrons. The molecule has 1 aliphatic heterocycles. The van der Waals surface area contributed by atoms with Crippen molar-refractivity contribution in [3.05, 3.63) is 65.7 Å². The molecule has 26 heavy (non-hydrogen) atoms. The van der Waals surface area contributed by atoms with Crippen LogP contribution in [0.5, 0.6) is 0 Å². The smallest absolute Gasteiger partial charge is 0.241 e. The first-order valence-corrected chi connectivity index (χ1v) is 8.74. The van der Waals surface area contributed by atoms with E-state index in [9.17, 15) is 13.6 Å². The van der Waals surface area contributed by atoms with Crippen LogP contribution in [0.25, 0.3) is 0 Å². The summed E-state index contributed by atoms with van der Waals surface area (Å²) in [5.74, 6) is -1.11. The van der Waals surface area contributed by atoms with Crippen LogP contribution in [-0.4, -0.2) is 36.5 Å². The average Bonchev–Trinajstić information content (AvgIpc) is 3.09. The lowest BCUT2D eigenvalue weighted by Gasteiger charge is -2.23. The van der Waals surface area contributed by atoms with Crippen LogP contribution < -0.4 is 11.1 Å². The Bertz CT molecular complexity index is 769. The van der Waals surface area contributed by atoms with Gasteiger partial charge in [-0.3, -0.25) is 9.69 Å². The van der Waals surface area contributed by atoms with Gasteiger partial charge >= 0.3 is 0 Å². The molecule has 1 fully saturated rings. The topological polar surface area (TPSA) is 58.4 Å². The molecule has 1 heterocycles. The summed E-state index contributed by atoms with van der Waals surface area (Å²) >= 11 is 0. The third-order valence-corrected chi connectivity index (χ3v) is 5.11. The highest BCUT2D eigenvalue weighted by atomic mass is 19.1. The summed E-state index contributed by atoms with van der Waals surface area (Å²) in [7, 11) is 0. The molecule has 1 saturated heterocycles. The van der Waals surface area contributed by atoms with Crippen LogP contribution >= 0.6 is 0 Å². The maximum atomic E-state index is 13.8. The standard InChI is InChI=1S/C20H23F2N3O/c1-13(20(26)24-19-9-16(21)7-8-18(19)22)25-11-15(10-23)17(12-25)14-5-3-2-4-6-14/h2-9,13,15,17H,10-12,23H2,1H3,(H,24,26)/t13?,15-,17+/m1/s1. The molecule has 0 radical (unpaired) electrons. The normalized spacial score (nSPS) is 21.5. The number of nitrogens with two attached hydrogens (primary N) is 1. The second-order valence-electron chi connectivity index (χ2n) is 6.76. The molecule has 0 saturated carbocycles. The third-order valence-electron chi connectivity index (χ3n) is 5.11. The summed E-state index contributed by atoms with van der Waals surface area (Å²) < 4.78 is 27.1. The van der Waals surface area contributed by atoms with Crippen LogP contribution in [0, 0.1) is 17.6 Å². The van der Waals surface area contributed by atoms with Crippen molar-refractivity contribution >= 4 is 11.6 Å². The molecule has 6 heteroatoms. The van der Waals surface area contributed by atoms with E-state index >= 15 is 0 Å². The highest BCUT2D eigenvalue weighted by molar-refractivity contribution is 5.94. The summed E-state index contributed by atoms with van der Waals surface area (Å²) in [5.41, 5.74) is 7.00. The number of hydrogen-bond acceptors (Lipinski definition) is 3. The monoisotopic (exact) mass is 359 g/mol. The predicted molar refractivity (Wildman–Crippen MR) is 97.8 cm³/mol. The van der Waals surface area contributed by atoms with Gasteiger partial charge in [-0.25, -0.2) is 8.78 Å². The van der Waals surface area contributed by atoms with Crippen molar-refractivity contribution < 1.29 is 13.6 Å². The molecule has 0 spiro atoms. The number of hydrogen-bond donors (Lipinski definition) is 2. The van der Waals surface area contributed by atoms with Crippen LogP contribution in [0.3, 0.4) is 0 Å². The minimum atomic E-state index is -0.657. The number of amides is 1. The summed E-state index contributed by atoms with van der Waals surface area (Å²) in [6.45, 7) is 3.69. The fourth-order valence-electron chi connectivity index (χ4n) is 3.53. The number of carbonyl (C=O) groups excluding carboxylic acids is 1. The van der Waals surface area contributed by atoms with Gasteiger partial charge in [0.05, 0.1) is 11.7 Å². The van der Waals surface area contributed by atoms with Gasteiger partial charge in [0.25, 0.3) is 0 Å². The Kier molecular flexibility index (Phi) is 5.64. The Hall–Kier alpha value is -2.31. The molecule has 2 aromatic carbocycles. The lowest BCUT2D eigenvalue weighted by Crippen LogP contribution is -2.41. The number of anilines is 1. The lowest BCUT2D eigenvalue weighted by atomic mass is 9.89. The number of nitrogens with zero attached hydrogens (tertiary/aromatic N) is 1. The second kappa shape index (κ2) is 7.93. The average molecular weight is 359 g/mol. The van der Waals surface area contributed by atoms with Gasteiger partial charge in [0.2, 0.25) is 5.91 Å². The van der Waals surface area contributed by atoms with E-state index in [4.69, 9.17) is 5.73 Å². The van der Waals surface area contributed by atoms with Crippen molar-refractivity contribution in [2.24, 2.45) is 11.7 Å². The van der Waals surface area contributed by atoms with Crippen molar-refractivity contribution in [2.75, 3.05) is 25.0 Å². The van der Waals surface area contributed by atoms with Crippen molar-refractivity contribution in [3.63, 3.8) is 0 Å². The zero-order valence-electron chi connectivity index (χ0n) is 14.7. The Balaban J connectivity index is 1.70. The highest BCUT2D eigenvalue weighted by Crippen LogP contribution is 2.33. The number of likely N-dealkylation sites (tertiary alicyclic amines) is 1. The first-order chi connectivity index (χ1) is 12.5. The molecule has 4 nitrogen and oxygen atoms in total. The number of carbonyl (C=O) groups is 1. The SMILES string of the molecule is CC(C(=O)Nc1cc(F)ccc1F)N1C[C@@H](CN)[C@H](c2ccccc2)C1. The van der Waals surface area contributed by atoms with Crippen molar-refractivity contribution in [1.29, 1.82) is 0 Å². The first kappa shape index (κ1) is 18.5. The van der Waals surface area contributed by atoms with E-state index in [1.807, 2.05) is 23.1 Å². The molecule has 1 unspecified atom stereocenters. The number of rotatable bonds is 5. The molecule has 1 aliphatic rings. The lowest BCUT2D eigenvalue weighted by molar-refractivity contribution is -0.120. The second-order valence-corrected chi connectivity index (χ2v) is 6.76. The summed E-state index contributed by atoms with van der Waals surface area (Å²) in [5, 5.41) is 2.49. The maximum Gasteiger partial charge on any atom is 0.241 e. The van der Waals surface area contributed by atoms with E-state index in [1.54, 1.807) is 6.92 Å². The number of benzene rings is 2. The first-order valence-electron chi connectivity index (χ1n) is 8.74. The van der Waals surface area contributed by atoms with E-state index in [0.29, 0.717) is 19.6 Å². The van der Waals surface area contributed by atoms with E-state index < -0.39 is 17.7 Å². The van der Waals surface area contributed by atoms with Crippen molar-refractivity contribution in [2.45, 2.75) is 18.9 Å². The van der Waals surface area contributed by atoms with Gasteiger partial charge in [-0.15, -0.1) is 0 Å². The van der Waals surface area contributed by atoms with Gasteiger partial charge in [-0.05, 0) is 37.1 Å². The molecule has 0 bridgehead atoms. The minimum Gasteiger partial charge on any atom is -0.330 e. The van der Waals surface area contributed by atoms with E-state index in [0.717, 1.165) is 18.2 Å². The fourth-order valence-corrected chi connectivity index (χ4v) is 3.53. The van der Waals surface area contributed by atoms with Gasteiger partial charge < -0.3 is 11.1 Å². The summed E-state index contributed by atoms with van der Waals surface area (Å²) in [6.07, 6.45) is 0. The molecule has 0 aromatic heterocycles. The highest BCUT2D eigenvalue weighted by Gasteiger charge is 2.37. The van der Waals surface area contributed by atoms with Crippen molar-refractivity contribution in [3.8, 4) is 0 Å². The number of nitrogens with one attached hydrogen (secondary N) is 1. The van der Waals surface area contributed by atoms with E-state index in [-0.39, 0.29) is 23.4 Å². The molecule has 3 N–H and O–H groups in total. The Morgan fingerprint density at radius 1 is 1.23 bits per heavy atom. The zero-order valence-corrected chi connectivity index (χ0v) is 14.7. The molecule has 3 rings (SSSR count). The Morgan fingerprint density at radius 3 is 2.65 bits per heavy atom. The van der Waals surface area contributed by atoms with Gasteiger partial charge in [0, 0.05) is 25.1 Å². The van der Waals surface area contributed by atoms with Crippen LogP contribution in [0.1, 0.15) is 18.4 Å². The summed E-state index contributed by atoms with van der Waals surface area (Å²) in [4.78, 5) is 14.6. The van der Waals surface area contributed by atoms with Crippen LogP contribution in [-0.2, 0) is 4.79 Å². The molecular formula is C20H23F2N3O. The van der Waals surface area contributed by atoms with Crippen LogP contribution in [0.4, 0.5) is 14.5 Å². The largest absolute Gasteiger partial charge is 0.330 e.